The molecule has 0 spiro atoms. The van der Waals surface area contributed by atoms with E-state index in [2.05, 4.69) is 11.3 Å². The summed E-state index contributed by atoms with van der Waals surface area (Å²) in [7, 11) is 3.13. The van der Waals surface area contributed by atoms with Crippen LogP contribution in [0.1, 0.15) is 0 Å². The highest BCUT2D eigenvalue weighted by Crippen LogP contribution is 1.90. The standard InChI is InChI=1S/C6H10O2/c1-6(8-3)4-5-7-2/h4-5H,1H2,2-3H3. The second-order valence-corrected chi connectivity index (χ2v) is 1.21. The average molecular weight is 114 g/mol. The summed E-state index contributed by atoms with van der Waals surface area (Å²) in [5.74, 6) is 0.590. The van der Waals surface area contributed by atoms with Crippen LogP contribution < -0.4 is 0 Å². The summed E-state index contributed by atoms with van der Waals surface area (Å²) in [5, 5.41) is 0. The highest BCUT2D eigenvalue weighted by Gasteiger charge is 1.77. The van der Waals surface area contributed by atoms with Crippen LogP contribution in [0.3, 0.4) is 0 Å². The molecule has 0 aliphatic heterocycles. The summed E-state index contributed by atoms with van der Waals surface area (Å²) < 4.78 is 9.28. The first-order valence-corrected chi connectivity index (χ1v) is 2.23. The van der Waals surface area contributed by atoms with Gasteiger partial charge in [-0.25, -0.2) is 0 Å². The van der Waals surface area contributed by atoms with Crippen LogP contribution in [0.25, 0.3) is 0 Å². The highest BCUT2D eigenvalue weighted by atomic mass is 16.5. The first-order chi connectivity index (χ1) is 3.81. The molecule has 0 rings (SSSR count). The molecule has 0 aliphatic rings. The van der Waals surface area contributed by atoms with Gasteiger partial charge in [0, 0.05) is 6.08 Å². The van der Waals surface area contributed by atoms with E-state index in [9.17, 15) is 0 Å². The molecule has 0 atom stereocenters. The Balaban J connectivity index is 3.37. The van der Waals surface area contributed by atoms with Gasteiger partial charge in [-0.05, 0) is 0 Å². The van der Waals surface area contributed by atoms with Crippen molar-refractivity contribution >= 4 is 0 Å². The van der Waals surface area contributed by atoms with Crippen LogP contribution in [0.2, 0.25) is 0 Å². The third-order valence-corrected chi connectivity index (χ3v) is 0.652. The molecule has 2 nitrogen and oxygen atoms in total. The van der Waals surface area contributed by atoms with Crippen molar-refractivity contribution in [3.05, 3.63) is 24.7 Å². The largest absolute Gasteiger partial charge is 0.504 e. The Morgan fingerprint density at radius 2 is 2.12 bits per heavy atom. The van der Waals surface area contributed by atoms with E-state index < -0.39 is 0 Å². The summed E-state index contributed by atoms with van der Waals surface area (Å²) >= 11 is 0. The summed E-state index contributed by atoms with van der Waals surface area (Å²) in [6, 6.07) is 0. The quantitative estimate of drug-likeness (QED) is 0.407. The van der Waals surface area contributed by atoms with Gasteiger partial charge in [0.05, 0.1) is 20.5 Å². The lowest BCUT2D eigenvalue weighted by Crippen LogP contribution is -1.76. The molecule has 0 aliphatic carbocycles. The SMILES string of the molecule is C=C(C=COC)OC. The van der Waals surface area contributed by atoms with Crippen molar-refractivity contribution in [2.24, 2.45) is 0 Å². The fraction of sp³-hybridized carbons (Fsp3) is 0.333. The molecule has 0 aromatic carbocycles. The Bertz CT molecular complexity index is 94.7. The highest BCUT2D eigenvalue weighted by molar-refractivity contribution is 5.03. The zero-order chi connectivity index (χ0) is 6.41. The maximum absolute atomic E-state index is 4.69. The van der Waals surface area contributed by atoms with E-state index in [0.29, 0.717) is 5.76 Å². The maximum Gasteiger partial charge on any atom is 0.114 e. The second kappa shape index (κ2) is 4.24. The molecular formula is C6H10O2. The predicted octanol–water partition coefficient (Wildman–Crippen LogP) is 1.31. The molecule has 0 bridgehead atoms. The van der Waals surface area contributed by atoms with Gasteiger partial charge in [-0.3, -0.25) is 0 Å². The number of hydrogen-bond acceptors (Lipinski definition) is 2. The summed E-state index contributed by atoms with van der Waals surface area (Å²) in [6.07, 6.45) is 3.14. The van der Waals surface area contributed by atoms with Crippen molar-refractivity contribution in [1.29, 1.82) is 0 Å². The van der Waals surface area contributed by atoms with E-state index in [0.717, 1.165) is 0 Å². The molecule has 8 heavy (non-hydrogen) atoms. The minimum atomic E-state index is 0.590. The van der Waals surface area contributed by atoms with Crippen LogP contribution in [0.5, 0.6) is 0 Å². The minimum absolute atomic E-state index is 0.590. The number of hydrogen-bond donors (Lipinski definition) is 0. The molecule has 0 fully saturated rings. The number of rotatable bonds is 3. The Kier molecular flexibility index (Phi) is 3.76. The number of allylic oxidation sites excluding steroid dienone is 1. The molecule has 0 radical (unpaired) electrons. The first kappa shape index (κ1) is 7.08. The van der Waals surface area contributed by atoms with Crippen LogP contribution in [0.4, 0.5) is 0 Å². The Hall–Kier alpha value is -0.920. The van der Waals surface area contributed by atoms with Gasteiger partial charge in [0.2, 0.25) is 0 Å². The van der Waals surface area contributed by atoms with Gasteiger partial charge >= 0.3 is 0 Å². The van der Waals surface area contributed by atoms with Gasteiger partial charge in [0.15, 0.2) is 0 Å². The summed E-state index contributed by atoms with van der Waals surface area (Å²) in [5.41, 5.74) is 0. The fourth-order valence-electron chi connectivity index (χ4n) is 0.212. The average Bonchev–Trinajstić information content (AvgIpc) is 1.83. The Morgan fingerprint density at radius 3 is 2.50 bits per heavy atom. The lowest BCUT2D eigenvalue weighted by atomic mass is 10.5. The number of ether oxygens (including phenoxy) is 2. The fourth-order valence-corrected chi connectivity index (χ4v) is 0.212. The Morgan fingerprint density at radius 1 is 1.50 bits per heavy atom. The zero-order valence-electron chi connectivity index (χ0n) is 5.18. The molecule has 0 heterocycles. The zero-order valence-corrected chi connectivity index (χ0v) is 5.18. The van der Waals surface area contributed by atoms with Crippen molar-refractivity contribution in [1.82, 2.24) is 0 Å². The summed E-state index contributed by atoms with van der Waals surface area (Å²) in [4.78, 5) is 0. The first-order valence-electron chi connectivity index (χ1n) is 2.23. The second-order valence-electron chi connectivity index (χ2n) is 1.21. The van der Waals surface area contributed by atoms with Crippen molar-refractivity contribution in [3.8, 4) is 0 Å². The molecule has 0 aromatic heterocycles. The van der Waals surface area contributed by atoms with Crippen molar-refractivity contribution in [2.75, 3.05) is 14.2 Å². The van der Waals surface area contributed by atoms with Crippen molar-refractivity contribution < 1.29 is 9.47 Å². The number of methoxy groups -OCH3 is 2. The topological polar surface area (TPSA) is 18.5 Å². The molecule has 0 unspecified atom stereocenters. The third kappa shape index (κ3) is 3.28. The van der Waals surface area contributed by atoms with E-state index in [1.54, 1.807) is 20.3 Å². The van der Waals surface area contributed by atoms with Gasteiger partial charge in [0.1, 0.15) is 5.76 Å². The van der Waals surface area contributed by atoms with Crippen LogP contribution in [-0.4, -0.2) is 14.2 Å². The maximum atomic E-state index is 4.69. The lowest BCUT2D eigenvalue weighted by Gasteiger charge is -1.93. The molecule has 46 valence electrons. The smallest absolute Gasteiger partial charge is 0.114 e. The van der Waals surface area contributed by atoms with Crippen LogP contribution in [0, 0.1) is 0 Å². The van der Waals surface area contributed by atoms with Crippen LogP contribution >= 0.6 is 0 Å². The lowest BCUT2D eigenvalue weighted by molar-refractivity contribution is 0.299. The molecule has 0 saturated heterocycles. The molecule has 0 aromatic rings. The molecule has 2 heteroatoms. The van der Waals surface area contributed by atoms with E-state index in [-0.39, 0.29) is 0 Å². The van der Waals surface area contributed by atoms with Gasteiger partial charge in [-0.1, -0.05) is 6.58 Å². The van der Waals surface area contributed by atoms with E-state index in [1.165, 1.54) is 6.26 Å². The molecule has 0 saturated carbocycles. The molecular weight excluding hydrogens is 104 g/mol. The van der Waals surface area contributed by atoms with Crippen molar-refractivity contribution in [3.63, 3.8) is 0 Å². The third-order valence-electron chi connectivity index (χ3n) is 0.652. The van der Waals surface area contributed by atoms with Gasteiger partial charge in [-0.15, -0.1) is 0 Å². The minimum Gasteiger partial charge on any atom is -0.504 e. The van der Waals surface area contributed by atoms with Crippen LogP contribution in [0.15, 0.2) is 24.7 Å². The molecule has 0 N–H and O–H groups in total. The van der Waals surface area contributed by atoms with Gasteiger partial charge in [0.25, 0.3) is 0 Å². The van der Waals surface area contributed by atoms with Gasteiger partial charge in [-0.2, -0.15) is 0 Å². The summed E-state index contributed by atoms with van der Waals surface area (Å²) in [6.45, 7) is 3.52. The monoisotopic (exact) mass is 114 g/mol. The van der Waals surface area contributed by atoms with E-state index in [4.69, 9.17) is 4.74 Å². The van der Waals surface area contributed by atoms with Crippen molar-refractivity contribution in [2.45, 2.75) is 0 Å². The van der Waals surface area contributed by atoms with E-state index >= 15 is 0 Å². The van der Waals surface area contributed by atoms with Crippen LogP contribution in [-0.2, 0) is 9.47 Å². The molecule has 0 amide bonds. The predicted molar refractivity (Wildman–Crippen MR) is 32.3 cm³/mol. The van der Waals surface area contributed by atoms with E-state index in [1.807, 2.05) is 0 Å². The normalized spacial score (nSPS) is 9.25. The Labute approximate surface area is 49.4 Å². The van der Waals surface area contributed by atoms with Gasteiger partial charge < -0.3 is 9.47 Å².